The van der Waals surface area contributed by atoms with Crippen molar-refractivity contribution in [3.63, 3.8) is 0 Å². The van der Waals surface area contributed by atoms with Gasteiger partial charge in [-0.1, -0.05) is 12.1 Å². The van der Waals surface area contributed by atoms with Crippen molar-refractivity contribution < 1.29 is 44.3 Å². The van der Waals surface area contributed by atoms with Crippen molar-refractivity contribution in [2.24, 2.45) is 0 Å². The molecule has 2 heterocycles. The molecule has 1 aromatic heterocycles. The average molecular weight is 524 g/mol. The quantitative estimate of drug-likeness (QED) is 0.190. The Kier molecular flexibility index (Phi) is 5.43. The zero-order chi connectivity index (χ0) is 27.4. The Balaban J connectivity index is 1.57. The van der Waals surface area contributed by atoms with E-state index in [1.165, 1.54) is 54.6 Å². The maximum Gasteiger partial charge on any atom is 0.201 e. The summed E-state index contributed by atoms with van der Waals surface area (Å²) < 4.78 is 12.2. The number of hydrogen-bond donors (Lipinski definition) is 5. The summed E-state index contributed by atoms with van der Waals surface area (Å²) in [6.45, 7) is 0. The van der Waals surface area contributed by atoms with Gasteiger partial charge < -0.3 is 34.7 Å². The van der Waals surface area contributed by atoms with E-state index in [1.54, 1.807) is 12.1 Å². The molecular formula is C30H20O9. The molecule has 0 spiro atoms. The molecule has 1 unspecified atom stereocenters. The van der Waals surface area contributed by atoms with Crippen LogP contribution in [0.15, 0.2) is 77.2 Å². The van der Waals surface area contributed by atoms with Crippen LogP contribution < -0.4 is 4.74 Å². The van der Waals surface area contributed by atoms with E-state index >= 15 is 0 Å². The number of phenols is 5. The lowest BCUT2D eigenvalue weighted by Gasteiger charge is -2.25. The molecule has 9 heteroatoms. The Bertz CT molecular complexity index is 1780. The molecule has 4 aromatic carbocycles. The van der Waals surface area contributed by atoms with E-state index < -0.39 is 23.4 Å². The van der Waals surface area contributed by atoms with E-state index in [0.29, 0.717) is 11.1 Å². The lowest BCUT2D eigenvalue weighted by Crippen LogP contribution is -2.20. The van der Waals surface area contributed by atoms with Crippen molar-refractivity contribution in [2.75, 3.05) is 0 Å². The summed E-state index contributed by atoms with van der Waals surface area (Å²) in [5.74, 6) is -2.10. The maximum atomic E-state index is 13.8. The first-order valence-electron chi connectivity index (χ1n) is 11.9. The first-order valence-corrected chi connectivity index (χ1v) is 11.9. The minimum absolute atomic E-state index is 0.000340. The van der Waals surface area contributed by atoms with Crippen molar-refractivity contribution in [3.8, 4) is 45.8 Å². The summed E-state index contributed by atoms with van der Waals surface area (Å²) in [4.78, 5) is 27.2. The number of furan rings is 1. The second-order valence-electron chi connectivity index (χ2n) is 9.18. The highest BCUT2D eigenvalue weighted by molar-refractivity contribution is 6.24. The number of carbonyl (C=O) groups excluding carboxylic acids is 2. The molecule has 5 N–H and O–H groups in total. The molecular weight excluding hydrogens is 504 g/mol. The molecule has 0 saturated carbocycles. The molecule has 9 nitrogen and oxygen atoms in total. The summed E-state index contributed by atoms with van der Waals surface area (Å²) in [6.07, 6.45) is -0.737. The van der Waals surface area contributed by atoms with Crippen LogP contribution in [0, 0.1) is 0 Å². The summed E-state index contributed by atoms with van der Waals surface area (Å²) in [6, 6.07) is 16.7. The number of carbonyl (C=O) groups is 2. The van der Waals surface area contributed by atoms with Gasteiger partial charge in [0, 0.05) is 17.7 Å². The standard InChI is InChI=1S/C30H20O9/c31-16-5-1-14(2-6-16)23-12-21(35)25-24(38-23)13-22(36)26-27(28(37)19-10-9-18(33)11-20(19)34)29(39-30(25)26)15-3-7-17(32)8-4-15/h1-11,13,23,31-34,36H,12H2. The van der Waals surface area contributed by atoms with Crippen LogP contribution in [-0.2, 0) is 0 Å². The first-order chi connectivity index (χ1) is 18.7. The number of hydrogen-bond acceptors (Lipinski definition) is 9. The molecule has 1 aliphatic heterocycles. The third-order valence-corrected chi connectivity index (χ3v) is 6.67. The largest absolute Gasteiger partial charge is 0.508 e. The van der Waals surface area contributed by atoms with Crippen LogP contribution in [0.1, 0.15) is 44.4 Å². The number of rotatable bonds is 4. The number of ketones is 2. The van der Waals surface area contributed by atoms with Crippen LogP contribution in [0.25, 0.3) is 22.3 Å². The van der Waals surface area contributed by atoms with E-state index in [4.69, 9.17) is 9.15 Å². The molecule has 0 saturated heterocycles. The third kappa shape index (κ3) is 3.97. The number of aromatic hydroxyl groups is 5. The van der Waals surface area contributed by atoms with Gasteiger partial charge in [0.15, 0.2) is 11.4 Å². The molecule has 0 aliphatic carbocycles. The highest BCUT2D eigenvalue weighted by Gasteiger charge is 2.36. The van der Waals surface area contributed by atoms with Crippen molar-refractivity contribution in [1.29, 1.82) is 0 Å². The zero-order valence-electron chi connectivity index (χ0n) is 20.1. The van der Waals surface area contributed by atoms with Gasteiger partial charge in [-0.25, -0.2) is 0 Å². The van der Waals surface area contributed by atoms with E-state index in [9.17, 15) is 35.1 Å². The summed E-state index contributed by atoms with van der Waals surface area (Å²) in [5, 5.41) is 50.5. The Morgan fingerprint density at radius 2 is 1.41 bits per heavy atom. The summed E-state index contributed by atoms with van der Waals surface area (Å²) >= 11 is 0. The molecule has 0 radical (unpaired) electrons. The molecule has 0 amide bonds. The lowest BCUT2D eigenvalue weighted by atomic mass is 9.92. The molecule has 39 heavy (non-hydrogen) atoms. The topological polar surface area (TPSA) is 158 Å². The fourth-order valence-corrected chi connectivity index (χ4v) is 4.81. The molecule has 0 bridgehead atoms. The van der Waals surface area contributed by atoms with Crippen LogP contribution in [-0.4, -0.2) is 37.1 Å². The van der Waals surface area contributed by atoms with Gasteiger partial charge >= 0.3 is 0 Å². The van der Waals surface area contributed by atoms with Gasteiger partial charge in [0.25, 0.3) is 0 Å². The Hall–Kier alpha value is -5.44. The maximum absolute atomic E-state index is 13.8. The fourth-order valence-electron chi connectivity index (χ4n) is 4.81. The van der Waals surface area contributed by atoms with Crippen molar-refractivity contribution in [1.82, 2.24) is 0 Å². The number of ether oxygens (including phenoxy) is 1. The van der Waals surface area contributed by atoms with Crippen molar-refractivity contribution in [3.05, 3.63) is 95.1 Å². The van der Waals surface area contributed by atoms with Crippen LogP contribution in [0.2, 0.25) is 0 Å². The molecule has 1 aliphatic rings. The van der Waals surface area contributed by atoms with Gasteiger partial charge in [-0.3, -0.25) is 9.59 Å². The van der Waals surface area contributed by atoms with E-state index in [0.717, 1.165) is 6.07 Å². The Morgan fingerprint density at radius 1 is 0.769 bits per heavy atom. The third-order valence-electron chi connectivity index (χ3n) is 6.67. The van der Waals surface area contributed by atoms with Crippen LogP contribution >= 0.6 is 0 Å². The Labute approximate surface area is 220 Å². The molecule has 194 valence electrons. The predicted molar refractivity (Wildman–Crippen MR) is 139 cm³/mol. The summed E-state index contributed by atoms with van der Waals surface area (Å²) in [7, 11) is 0. The highest BCUT2D eigenvalue weighted by atomic mass is 16.5. The second kappa shape index (κ2) is 8.84. The monoisotopic (exact) mass is 524 g/mol. The minimum atomic E-state index is -0.726. The lowest BCUT2D eigenvalue weighted by molar-refractivity contribution is 0.0850. The van der Waals surface area contributed by atoms with Gasteiger partial charge in [-0.2, -0.15) is 0 Å². The predicted octanol–water partition coefficient (Wildman–Crippen LogP) is 5.57. The second-order valence-corrected chi connectivity index (χ2v) is 9.18. The fraction of sp³-hybridized carbons (Fsp3) is 0.0667. The highest BCUT2D eigenvalue weighted by Crippen LogP contribution is 2.48. The van der Waals surface area contributed by atoms with Crippen LogP contribution in [0.5, 0.6) is 34.5 Å². The van der Waals surface area contributed by atoms with Gasteiger partial charge in [-0.05, 0) is 54.1 Å². The zero-order valence-corrected chi connectivity index (χ0v) is 20.1. The van der Waals surface area contributed by atoms with Crippen LogP contribution in [0.3, 0.4) is 0 Å². The molecule has 6 rings (SSSR count). The minimum Gasteiger partial charge on any atom is -0.508 e. The average Bonchev–Trinajstić information content (AvgIpc) is 3.30. The summed E-state index contributed by atoms with van der Waals surface area (Å²) in [5.41, 5.74) is 0.711. The first kappa shape index (κ1) is 23.9. The molecule has 0 fully saturated rings. The molecule has 1 atom stereocenters. The van der Waals surface area contributed by atoms with E-state index in [1.807, 2.05) is 0 Å². The molecule has 5 aromatic rings. The van der Waals surface area contributed by atoms with Gasteiger partial charge in [0.2, 0.25) is 5.78 Å². The number of fused-ring (bicyclic) bond motifs is 3. The SMILES string of the molecule is O=C1CC(c2ccc(O)cc2)Oc2cc(O)c3c(C(=O)c4ccc(O)cc4O)c(-c4ccc(O)cc4)oc3c21. The number of benzene rings is 4. The van der Waals surface area contributed by atoms with E-state index in [2.05, 4.69) is 0 Å². The normalized spacial score (nSPS) is 14.7. The van der Waals surface area contributed by atoms with Crippen LogP contribution in [0.4, 0.5) is 0 Å². The number of phenolic OH excluding ortho intramolecular Hbond substituents is 5. The van der Waals surface area contributed by atoms with Gasteiger partial charge in [0.1, 0.15) is 51.9 Å². The van der Waals surface area contributed by atoms with Crippen molar-refractivity contribution >= 4 is 22.5 Å². The van der Waals surface area contributed by atoms with Crippen molar-refractivity contribution in [2.45, 2.75) is 12.5 Å². The van der Waals surface area contributed by atoms with Gasteiger partial charge in [-0.15, -0.1) is 0 Å². The van der Waals surface area contributed by atoms with Gasteiger partial charge in [0.05, 0.1) is 22.9 Å². The smallest absolute Gasteiger partial charge is 0.201 e. The number of Topliss-reactive ketones (excluding diaryl/α,β-unsaturated/α-hetero) is 1. The Morgan fingerprint density at radius 3 is 2.08 bits per heavy atom. The van der Waals surface area contributed by atoms with E-state index in [-0.39, 0.29) is 68.6 Å².